The van der Waals surface area contributed by atoms with E-state index in [-0.39, 0.29) is 0 Å². The van der Waals surface area contributed by atoms with Gasteiger partial charge >= 0.3 is 5.97 Å². The Hall–Kier alpha value is -2.75. The monoisotopic (exact) mass is 252 g/mol. The predicted molar refractivity (Wildman–Crippen MR) is 75.1 cm³/mol. The van der Waals surface area contributed by atoms with Gasteiger partial charge in [-0.05, 0) is 23.8 Å². The van der Waals surface area contributed by atoms with Crippen molar-refractivity contribution in [1.82, 2.24) is 4.98 Å². The van der Waals surface area contributed by atoms with Crippen molar-refractivity contribution in [2.24, 2.45) is 0 Å². The first-order valence-corrected chi connectivity index (χ1v) is 5.87. The van der Waals surface area contributed by atoms with Crippen LogP contribution in [0, 0.1) is 0 Å². The Morgan fingerprint density at radius 2 is 1.74 bits per heavy atom. The van der Waals surface area contributed by atoms with Crippen LogP contribution in [0.3, 0.4) is 0 Å². The van der Waals surface area contributed by atoms with Crippen molar-refractivity contribution in [3.05, 3.63) is 54.1 Å². The van der Waals surface area contributed by atoms with Crippen LogP contribution in [0.4, 0.5) is 5.69 Å². The van der Waals surface area contributed by atoms with Crippen LogP contribution in [0.1, 0.15) is 10.4 Å². The van der Waals surface area contributed by atoms with Gasteiger partial charge in [0.2, 0.25) is 0 Å². The third-order valence-electron chi connectivity index (χ3n) is 3.12. The summed E-state index contributed by atoms with van der Waals surface area (Å²) in [4.78, 5) is 14.7. The van der Waals surface area contributed by atoms with Crippen LogP contribution in [0.25, 0.3) is 22.2 Å². The molecule has 0 atom stereocenters. The number of rotatable bonds is 2. The van der Waals surface area contributed by atoms with Gasteiger partial charge in [0.1, 0.15) is 0 Å². The van der Waals surface area contributed by atoms with Crippen molar-refractivity contribution in [2.75, 3.05) is 5.73 Å². The normalized spacial score (nSPS) is 10.7. The molecule has 0 saturated carbocycles. The molecule has 0 aliphatic rings. The number of anilines is 1. The summed E-state index contributed by atoms with van der Waals surface area (Å²) in [6, 6.07) is 14.5. The highest BCUT2D eigenvalue weighted by atomic mass is 16.4. The van der Waals surface area contributed by atoms with Crippen LogP contribution in [-0.2, 0) is 0 Å². The average molecular weight is 252 g/mol. The Morgan fingerprint density at radius 3 is 2.42 bits per heavy atom. The number of hydrogen-bond acceptors (Lipinski definition) is 2. The maximum absolute atomic E-state index is 11.5. The number of aromatic amines is 1. The van der Waals surface area contributed by atoms with E-state index in [2.05, 4.69) is 4.98 Å². The molecule has 1 aromatic heterocycles. The summed E-state index contributed by atoms with van der Waals surface area (Å²) in [6.45, 7) is 0. The number of nitrogens with one attached hydrogen (secondary N) is 1. The van der Waals surface area contributed by atoms with Gasteiger partial charge in [-0.1, -0.05) is 30.3 Å². The lowest BCUT2D eigenvalue weighted by atomic mass is 10.1. The maximum Gasteiger partial charge on any atom is 0.338 e. The van der Waals surface area contributed by atoms with E-state index in [9.17, 15) is 9.90 Å². The molecule has 3 aromatic rings. The minimum Gasteiger partial charge on any atom is -0.478 e. The highest BCUT2D eigenvalue weighted by Gasteiger charge is 2.18. The van der Waals surface area contributed by atoms with Crippen LogP contribution in [-0.4, -0.2) is 16.1 Å². The van der Waals surface area contributed by atoms with E-state index in [1.54, 1.807) is 18.2 Å². The number of hydrogen-bond donors (Lipinski definition) is 3. The Labute approximate surface area is 109 Å². The number of carboxylic acid groups (broad SMARTS) is 1. The average Bonchev–Trinajstić information content (AvgIpc) is 2.78. The summed E-state index contributed by atoms with van der Waals surface area (Å²) < 4.78 is 0. The zero-order valence-corrected chi connectivity index (χ0v) is 10.1. The number of carbonyl (C=O) groups is 1. The first kappa shape index (κ1) is 11.3. The molecule has 1 heterocycles. The molecular formula is C15H12N2O2. The molecule has 0 fully saturated rings. The molecule has 0 amide bonds. The first-order chi connectivity index (χ1) is 9.16. The number of fused-ring (bicyclic) bond motifs is 1. The highest BCUT2D eigenvalue weighted by molar-refractivity contribution is 6.09. The first-order valence-electron chi connectivity index (χ1n) is 5.87. The molecule has 4 nitrogen and oxygen atoms in total. The van der Waals surface area contributed by atoms with Crippen LogP contribution in [0.15, 0.2) is 48.5 Å². The van der Waals surface area contributed by atoms with Gasteiger partial charge in [-0.3, -0.25) is 0 Å². The number of aromatic nitrogens is 1. The number of H-pyrrole nitrogens is 1. The molecule has 4 heteroatoms. The lowest BCUT2D eigenvalue weighted by molar-refractivity contribution is 0.0700. The van der Waals surface area contributed by atoms with Gasteiger partial charge < -0.3 is 15.8 Å². The summed E-state index contributed by atoms with van der Waals surface area (Å²) >= 11 is 0. The van der Waals surface area contributed by atoms with Gasteiger partial charge in [-0.15, -0.1) is 0 Å². The Morgan fingerprint density at radius 1 is 1.05 bits per heavy atom. The number of aromatic carboxylic acids is 1. The van der Waals surface area contributed by atoms with E-state index in [1.807, 2.05) is 30.3 Å². The number of carboxylic acids is 1. The fraction of sp³-hybridized carbons (Fsp3) is 0. The van der Waals surface area contributed by atoms with E-state index >= 15 is 0 Å². The lowest BCUT2D eigenvalue weighted by Crippen LogP contribution is -1.97. The zero-order valence-electron chi connectivity index (χ0n) is 10.1. The van der Waals surface area contributed by atoms with E-state index in [4.69, 9.17) is 5.73 Å². The van der Waals surface area contributed by atoms with E-state index in [0.717, 1.165) is 11.1 Å². The summed E-state index contributed by atoms with van der Waals surface area (Å²) in [6.07, 6.45) is 0. The predicted octanol–water partition coefficient (Wildman–Crippen LogP) is 3.12. The second-order valence-electron chi connectivity index (χ2n) is 4.35. The van der Waals surface area contributed by atoms with Crippen molar-refractivity contribution in [2.45, 2.75) is 0 Å². The number of nitrogens with two attached hydrogens (primary N) is 1. The van der Waals surface area contributed by atoms with Crippen LogP contribution in [0.2, 0.25) is 0 Å². The van der Waals surface area contributed by atoms with Crippen molar-refractivity contribution < 1.29 is 9.90 Å². The third kappa shape index (κ3) is 1.83. The molecule has 0 radical (unpaired) electrons. The highest BCUT2D eigenvalue weighted by Crippen LogP contribution is 2.30. The van der Waals surface area contributed by atoms with Gasteiger partial charge in [0, 0.05) is 16.6 Å². The standard InChI is InChI=1S/C15H12N2O2/c16-10-7-5-9(6-8-10)14-13(15(18)19)11-3-1-2-4-12(11)17-14/h1-8,17H,16H2,(H,18,19). The smallest absolute Gasteiger partial charge is 0.338 e. The molecule has 0 unspecified atom stereocenters. The summed E-state index contributed by atoms with van der Waals surface area (Å²) in [7, 11) is 0. The molecule has 0 bridgehead atoms. The van der Waals surface area contributed by atoms with Crippen molar-refractivity contribution in [3.63, 3.8) is 0 Å². The molecular weight excluding hydrogens is 240 g/mol. The summed E-state index contributed by atoms with van der Waals surface area (Å²) in [5.74, 6) is -0.940. The Kier molecular flexibility index (Phi) is 2.49. The molecule has 3 rings (SSSR count). The number of benzene rings is 2. The third-order valence-corrected chi connectivity index (χ3v) is 3.12. The van der Waals surface area contributed by atoms with Crippen molar-refractivity contribution in [3.8, 4) is 11.3 Å². The minimum atomic E-state index is -0.940. The van der Waals surface area contributed by atoms with Crippen molar-refractivity contribution in [1.29, 1.82) is 0 Å². The second-order valence-corrected chi connectivity index (χ2v) is 4.35. The van der Waals surface area contributed by atoms with Gasteiger partial charge in [-0.2, -0.15) is 0 Å². The topological polar surface area (TPSA) is 79.1 Å². The minimum absolute atomic E-state index is 0.292. The lowest BCUT2D eigenvalue weighted by Gasteiger charge is -2.01. The Balaban J connectivity index is 2.31. The second kappa shape index (κ2) is 4.17. The summed E-state index contributed by atoms with van der Waals surface area (Å²) in [5, 5.41) is 10.1. The quantitative estimate of drug-likeness (QED) is 0.613. The van der Waals surface area contributed by atoms with Crippen molar-refractivity contribution >= 4 is 22.6 Å². The van der Waals surface area contributed by atoms with Crippen LogP contribution < -0.4 is 5.73 Å². The zero-order chi connectivity index (χ0) is 13.4. The molecule has 4 N–H and O–H groups in total. The SMILES string of the molecule is Nc1ccc(-c2[nH]c3ccccc3c2C(=O)O)cc1. The van der Waals surface area contributed by atoms with Gasteiger partial charge in [-0.25, -0.2) is 4.79 Å². The molecule has 2 aromatic carbocycles. The number of nitrogen functional groups attached to an aromatic ring is 1. The van der Waals surface area contributed by atoms with E-state index in [0.29, 0.717) is 22.3 Å². The fourth-order valence-electron chi connectivity index (χ4n) is 2.23. The maximum atomic E-state index is 11.5. The van der Waals surface area contributed by atoms with Crippen LogP contribution in [0.5, 0.6) is 0 Å². The molecule has 0 saturated heterocycles. The fourth-order valence-corrected chi connectivity index (χ4v) is 2.23. The molecule has 0 spiro atoms. The van der Waals surface area contributed by atoms with Gasteiger partial charge in [0.15, 0.2) is 0 Å². The molecule has 94 valence electrons. The molecule has 0 aliphatic heterocycles. The van der Waals surface area contributed by atoms with Gasteiger partial charge in [0.25, 0.3) is 0 Å². The largest absolute Gasteiger partial charge is 0.478 e. The van der Waals surface area contributed by atoms with E-state index < -0.39 is 5.97 Å². The Bertz CT molecular complexity index is 757. The molecule has 0 aliphatic carbocycles. The number of para-hydroxylation sites is 1. The van der Waals surface area contributed by atoms with Gasteiger partial charge in [0.05, 0.1) is 11.3 Å². The van der Waals surface area contributed by atoms with Crippen LogP contribution >= 0.6 is 0 Å². The van der Waals surface area contributed by atoms with E-state index in [1.165, 1.54) is 0 Å². The molecule has 19 heavy (non-hydrogen) atoms. The summed E-state index contributed by atoms with van der Waals surface area (Å²) in [5.41, 5.74) is 8.82.